The average Bonchev–Trinajstić information content (AvgIpc) is 3.37. The highest BCUT2D eigenvalue weighted by atomic mass is 16.5. The standard InChI is InChI=1S/C29H33N5O3/c30-27-10-8-22(25-6-1-2-7-26(25)27)20-37-24-9-11-28-31-32-29(34(28)19-24)21-4-3-5-23(18-21)36-17-14-33-12-15-35-16-13-33/h1-7,9,11,18-19,22,27H,8,10,12-17,20,30H2/t22?,27-/m0/s1. The minimum absolute atomic E-state index is 0.113. The number of benzene rings is 2. The van der Waals surface area contributed by atoms with Crippen LogP contribution in [-0.4, -0.2) is 65.6 Å². The van der Waals surface area contributed by atoms with Gasteiger partial charge in [-0.2, -0.15) is 0 Å². The van der Waals surface area contributed by atoms with Gasteiger partial charge in [-0.3, -0.25) is 9.30 Å². The molecule has 2 aliphatic rings. The normalized spacial score (nSPS) is 20.0. The van der Waals surface area contributed by atoms with Crippen LogP contribution in [0.5, 0.6) is 11.5 Å². The van der Waals surface area contributed by atoms with Crippen LogP contribution in [0.3, 0.4) is 0 Å². The van der Waals surface area contributed by atoms with Gasteiger partial charge in [-0.25, -0.2) is 0 Å². The molecule has 3 heterocycles. The van der Waals surface area contributed by atoms with Gasteiger partial charge in [0.1, 0.15) is 18.1 Å². The smallest absolute Gasteiger partial charge is 0.168 e. The molecule has 1 unspecified atom stereocenters. The highest BCUT2D eigenvalue weighted by Crippen LogP contribution is 2.36. The van der Waals surface area contributed by atoms with Gasteiger partial charge in [0, 0.05) is 37.2 Å². The summed E-state index contributed by atoms with van der Waals surface area (Å²) in [5, 5.41) is 8.82. The van der Waals surface area contributed by atoms with Crippen molar-refractivity contribution in [1.29, 1.82) is 0 Å². The Morgan fingerprint density at radius 1 is 0.892 bits per heavy atom. The Morgan fingerprint density at radius 3 is 2.65 bits per heavy atom. The molecular formula is C29H33N5O3. The summed E-state index contributed by atoms with van der Waals surface area (Å²) in [6, 6.07) is 20.5. The number of rotatable bonds is 8. The Kier molecular flexibility index (Phi) is 7.03. The maximum Gasteiger partial charge on any atom is 0.168 e. The summed E-state index contributed by atoms with van der Waals surface area (Å²) in [7, 11) is 0. The van der Waals surface area contributed by atoms with E-state index in [1.165, 1.54) is 11.1 Å². The van der Waals surface area contributed by atoms with E-state index in [1.807, 2.05) is 47.0 Å². The van der Waals surface area contributed by atoms with Crippen molar-refractivity contribution in [3.8, 4) is 22.9 Å². The fourth-order valence-electron chi connectivity index (χ4n) is 5.28. The number of fused-ring (bicyclic) bond motifs is 2. The Labute approximate surface area is 217 Å². The number of nitrogens with two attached hydrogens (primary N) is 1. The Bertz CT molecular complexity index is 1350. The Hall–Kier alpha value is -3.46. The van der Waals surface area contributed by atoms with E-state index in [2.05, 4.69) is 39.4 Å². The van der Waals surface area contributed by atoms with Crippen molar-refractivity contribution < 1.29 is 14.2 Å². The van der Waals surface area contributed by atoms with Gasteiger partial charge < -0.3 is 19.9 Å². The van der Waals surface area contributed by atoms with E-state index in [4.69, 9.17) is 19.9 Å². The largest absolute Gasteiger partial charge is 0.492 e. The lowest BCUT2D eigenvalue weighted by molar-refractivity contribution is 0.0322. The molecular weight excluding hydrogens is 466 g/mol. The second-order valence-electron chi connectivity index (χ2n) is 9.77. The summed E-state index contributed by atoms with van der Waals surface area (Å²) in [4.78, 5) is 2.36. The molecule has 2 aromatic carbocycles. The molecule has 0 saturated carbocycles. The van der Waals surface area contributed by atoms with Crippen LogP contribution in [0.15, 0.2) is 66.9 Å². The van der Waals surface area contributed by atoms with Crippen LogP contribution in [0.1, 0.15) is 35.9 Å². The van der Waals surface area contributed by atoms with Gasteiger partial charge in [0.05, 0.1) is 26.0 Å². The molecule has 2 aromatic heterocycles. The fraction of sp³-hybridized carbons (Fsp3) is 0.379. The summed E-state index contributed by atoms with van der Waals surface area (Å²) < 4.78 is 19.7. The van der Waals surface area contributed by atoms with Gasteiger partial charge >= 0.3 is 0 Å². The number of ether oxygens (including phenoxy) is 3. The molecule has 0 spiro atoms. The predicted octanol–water partition coefficient (Wildman–Crippen LogP) is 4.06. The molecule has 1 aliphatic heterocycles. The van der Waals surface area contributed by atoms with Crippen molar-refractivity contribution in [1.82, 2.24) is 19.5 Å². The summed E-state index contributed by atoms with van der Waals surface area (Å²) in [6.45, 7) is 5.64. The average molecular weight is 500 g/mol. The minimum Gasteiger partial charge on any atom is -0.492 e. The number of nitrogens with zero attached hydrogens (tertiary/aromatic N) is 4. The maximum atomic E-state index is 6.34. The van der Waals surface area contributed by atoms with Crippen LogP contribution in [0.2, 0.25) is 0 Å². The molecule has 8 heteroatoms. The molecule has 4 aromatic rings. The van der Waals surface area contributed by atoms with Gasteiger partial charge in [0.15, 0.2) is 11.5 Å². The maximum absolute atomic E-state index is 6.34. The van der Waals surface area contributed by atoms with Crippen molar-refractivity contribution in [2.75, 3.05) is 46.1 Å². The van der Waals surface area contributed by atoms with Gasteiger partial charge in [-0.1, -0.05) is 36.4 Å². The first kappa shape index (κ1) is 23.9. The third kappa shape index (κ3) is 5.32. The molecule has 8 nitrogen and oxygen atoms in total. The van der Waals surface area contributed by atoms with Crippen LogP contribution in [0.25, 0.3) is 17.0 Å². The van der Waals surface area contributed by atoms with E-state index < -0.39 is 0 Å². The molecule has 192 valence electrons. The van der Waals surface area contributed by atoms with E-state index in [-0.39, 0.29) is 6.04 Å². The molecule has 1 fully saturated rings. The lowest BCUT2D eigenvalue weighted by Gasteiger charge is -2.29. The summed E-state index contributed by atoms with van der Waals surface area (Å²) >= 11 is 0. The zero-order chi connectivity index (χ0) is 25.0. The molecule has 0 bridgehead atoms. The van der Waals surface area contributed by atoms with E-state index in [0.29, 0.717) is 19.1 Å². The second-order valence-corrected chi connectivity index (χ2v) is 9.77. The second kappa shape index (κ2) is 10.9. The van der Waals surface area contributed by atoms with Crippen molar-refractivity contribution >= 4 is 5.65 Å². The highest BCUT2D eigenvalue weighted by molar-refractivity contribution is 5.61. The van der Waals surface area contributed by atoms with Crippen LogP contribution < -0.4 is 15.2 Å². The summed E-state index contributed by atoms with van der Waals surface area (Å²) in [6.07, 6.45) is 3.97. The van der Waals surface area contributed by atoms with Gasteiger partial charge in [0.2, 0.25) is 0 Å². The fourth-order valence-corrected chi connectivity index (χ4v) is 5.28. The van der Waals surface area contributed by atoms with Crippen LogP contribution >= 0.6 is 0 Å². The molecule has 1 aliphatic carbocycles. The molecule has 0 amide bonds. The third-order valence-electron chi connectivity index (χ3n) is 7.36. The summed E-state index contributed by atoms with van der Waals surface area (Å²) in [5.74, 6) is 2.70. The molecule has 37 heavy (non-hydrogen) atoms. The number of pyridine rings is 1. The number of hydrogen-bond acceptors (Lipinski definition) is 7. The first-order chi connectivity index (χ1) is 18.2. The first-order valence-electron chi connectivity index (χ1n) is 13.1. The Morgan fingerprint density at radius 2 is 1.76 bits per heavy atom. The number of morpholine rings is 1. The highest BCUT2D eigenvalue weighted by Gasteiger charge is 2.25. The van der Waals surface area contributed by atoms with E-state index in [1.54, 1.807) is 0 Å². The molecule has 1 saturated heterocycles. The van der Waals surface area contributed by atoms with Crippen molar-refractivity contribution in [2.45, 2.75) is 24.8 Å². The first-order valence-corrected chi connectivity index (χ1v) is 13.1. The van der Waals surface area contributed by atoms with Gasteiger partial charge in [-0.05, 0) is 48.2 Å². The van der Waals surface area contributed by atoms with Gasteiger partial charge in [0.25, 0.3) is 0 Å². The zero-order valence-electron chi connectivity index (χ0n) is 21.0. The third-order valence-corrected chi connectivity index (χ3v) is 7.36. The minimum atomic E-state index is 0.113. The molecule has 6 rings (SSSR count). The van der Waals surface area contributed by atoms with Crippen molar-refractivity contribution in [3.05, 3.63) is 78.0 Å². The van der Waals surface area contributed by atoms with Gasteiger partial charge in [-0.15, -0.1) is 10.2 Å². The molecule has 0 radical (unpaired) electrons. The van der Waals surface area contributed by atoms with E-state index >= 15 is 0 Å². The number of hydrogen-bond donors (Lipinski definition) is 1. The van der Waals surface area contributed by atoms with E-state index in [0.717, 1.165) is 74.2 Å². The SMILES string of the molecule is N[C@H]1CCC(COc2ccc3nnc(-c4cccc(OCCN5CCOCC5)c4)n3c2)c2ccccc21. The Balaban J connectivity index is 1.15. The van der Waals surface area contributed by atoms with E-state index in [9.17, 15) is 0 Å². The van der Waals surface area contributed by atoms with Crippen LogP contribution in [-0.2, 0) is 4.74 Å². The van der Waals surface area contributed by atoms with Crippen molar-refractivity contribution in [2.24, 2.45) is 5.73 Å². The van der Waals surface area contributed by atoms with Crippen LogP contribution in [0.4, 0.5) is 0 Å². The molecule has 2 N–H and O–H groups in total. The topological polar surface area (TPSA) is 87.1 Å². The molecule has 2 atom stereocenters. The lowest BCUT2D eigenvalue weighted by Crippen LogP contribution is -2.38. The number of aromatic nitrogens is 3. The quantitative estimate of drug-likeness (QED) is 0.391. The van der Waals surface area contributed by atoms with Crippen LogP contribution in [0, 0.1) is 0 Å². The monoisotopic (exact) mass is 499 g/mol. The lowest BCUT2D eigenvalue weighted by atomic mass is 9.81. The van der Waals surface area contributed by atoms with Crippen molar-refractivity contribution in [3.63, 3.8) is 0 Å². The summed E-state index contributed by atoms with van der Waals surface area (Å²) in [5.41, 5.74) is 10.6. The predicted molar refractivity (Wildman–Crippen MR) is 142 cm³/mol. The zero-order valence-corrected chi connectivity index (χ0v) is 21.0.